The highest BCUT2D eigenvalue weighted by Gasteiger charge is 2.16. The Kier molecular flexibility index (Phi) is 6.11. The SMILES string of the molecule is CC(C)(C)NCCCNC(=O)c1ccc(Cl)c([N+](=O)[O-])c1. The monoisotopic (exact) mass is 313 g/mol. The Morgan fingerprint density at radius 2 is 2.00 bits per heavy atom. The molecule has 6 nitrogen and oxygen atoms in total. The van der Waals surface area contributed by atoms with Crippen LogP contribution in [-0.4, -0.2) is 29.5 Å². The minimum absolute atomic E-state index is 0.0194. The van der Waals surface area contributed by atoms with Crippen molar-refractivity contribution in [1.29, 1.82) is 0 Å². The van der Waals surface area contributed by atoms with Gasteiger partial charge in [-0.15, -0.1) is 0 Å². The predicted octanol–water partition coefficient (Wildman–Crippen LogP) is 2.76. The lowest BCUT2D eigenvalue weighted by Gasteiger charge is -2.20. The predicted molar refractivity (Wildman–Crippen MR) is 82.8 cm³/mol. The van der Waals surface area contributed by atoms with Crippen molar-refractivity contribution in [3.63, 3.8) is 0 Å². The molecule has 0 bridgehead atoms. The number of benzene rings is 1. The van der Waals surface area contributed by atoms with Crippen molar-refractivity contribution in [3.05, 3.63) is 38.9 Å². The number of nitrogens with one attached hydrogen (secondary N) is 2. The van der Waals surface area contributed by atoms with E-state index in [1.54, 1.807) is 0 Å². The van der Waals surface area contributed by atoms with Crippen LogP contribution < -0.4 is 10.6 Å². The van der Waals surface area contributed by atoms with Crippen LogP contribution in [0.3, 0.4) is 0 Å². The highest BCUT2D eigenvalue weighted by Crippen LogP contribution is 2.24. The summed E-state index contributed by atoms with van der Waals surface area (Å²) in [6.45, 7) is 7.48. The number of carbonyl (C=O) groups excluding carboxylic acids is 1. The molecule has 0 fully saturated rings. The average Bonchev–Trinajstić information content (AvgIpc) is 2.36. The van der Waals surface area contributed by atoms with Gasteiger partial charge in [0, 0.05) is 23.7 Å². The first-order chi connectivity index (χ1) is 9.70. The lowest BCUT2D eigenvalue weighted by molar-refractivity contribution is -0.384. The number of rotatable bonds is 6. The fourth-order valence-corrected chi connectivity index (χ4v) is 1.84. The Morgan fingerprint density at radius 1 is 1.33 bits per heavy atom. The van der Waals surface area contributed by atoms with E-state index in [0.717, 1.165) is 13.0 Å². The molecule has 0 aliphatic rings. The van der Waals surface area contributed by atoms with E-state index in [9.17, 15) is 14.9 Å². The zero-order valence-electron chi connectivity index (χ0n) is 12.4. The molecule has 0 unspecified atom stereocenters. The average molecular weight is 314 g/mol. The molecule has 1 aromatic carbocycles. The van der Waals surface area contributed by atoms with Gasteiger partial charge in [-0.1, -0.05) is 11.6 Å². The first kappa shape index (κ1) is 17.4. The maximum atomic E-state index is 11.9. The maximum Gasteiger partial charge on any atom is 0.288 e. The van der Waals surface area contributed by atoms with Gasteiger partial charge in [0.05, 0.1) is 4.92 Å². The number of halogens is 1. The second-order valence-corrected chi connectivity index (χ2v) is 6.12. The number of amides is 1. The molecule has 0 spiro atoms. The van der Waals surface area contributed by atoms with Crippen molar-refractivity contribution in [1.82, 2.24) is 10.6 Å². The minimum Gasteiger partial charge on any atom is -0.352 e. The van der Waals surface area contributed by atoms with Crippen LogP contribution in [0.1, 0.15) is 37.6 Å². The van der Waals surface area contributed by atoms with Gasteiger partial charge >= 0.3 is 0 Å². The number of hydrogen-bond acceptors (Lipinski definition) is 4. The fourth-order valence-electron chi connectivity index (χ4n) is 1.65. The molecular weight excluding hydrogens is 294 g/mol. The molecule has 0 heterocycles. The Hall–Kier alpha value is -1.66. The molecule has 0 atom stereocenters. The highest BCUT2D eigenvalue weighted by molar-refractivity contribution is 6.32. The quantitative estimate of drug-likeness (QED) is 0.480. The summed E-state index contributed by atoms with van der Waals surface area (Å²) >= 11 is 5.70. The van der Waals surface area contributed by atoms with Gasteiger partial charge in [-0.2, -0.15) is 0 Å². The molecule has 7 heteroatoms. The summed E-state index contributed by atoms with van der Waals surface area (Å²) in [4.78, 5) is 22.1. The van der Waals surface area contributed by atoms with Crippen molar-refractivity contribution in [2.24, 2.45) is 0 Å². The standard InChI is InChI=1S/C14H20ClN3O3/c1-14(2,3)17-8-4-7-16-13(19)10-5-6-11(15)12(9-10)18(20)21/h5-6,9,17H,4,7-8H2,1-3H3,(H,16,19). The molecule has 0 aliphatic carbocycles. The van der Waals surface area contributed by atoms with Crippen LogP contribution in [0.25, 0.3) is 0 Å². The second kappa shape index (κ2) is 7.38. The van der Waals surface area contributed by atoms with Crippen LogP contribution in [0, 0.1) is 10.1 Å². The number of hydrogen-bond donors (Lipinski definition) is 2. The highest BCUT2D eigenvalue weighted by atomic mass is 35.5. The Morgan fingerprint density at radius 3 is 2.57 bits per heavy atom. The van der Waals surface area contributed by atoms with Gasteiger partial charge in [-0.05, 0) is 45.9 Å². The van der Waals surface area contributed by atoms with Gasteiger partial charge in [0.1, 0.15) is 5.02 Å². The summed E-state index contributed by atoms with van der Waals surface area (Å²) < 4.78 is 0. The molecule has 0 aliphatic heterocycles. The van der Waals surface area contributed by atoms with Gasteiger partial charge in [-0.25, -0.2) is 0 Å². The molecule has 0 saturated carbocycles. The smallest absolute Gasteiger partial charge is 0.288 e. The van der Waals surface area contributed by atoms with Crippen LogP contribution in [0.5, 0.6) is 0 Å². The number of nitrogens with zero attached hydrogens (tertiary/aromatic N) is 1. The second-order valence-electron chi connectivity index (χ2n) is 5.71. The first-order valence-corrected chi connectivity index (χ1v) is 7.05. The summed E-state index contributed by atoms with van der Waals surface area (Å²) in [5, 5.41) is 16.8. The lowest BCUT2D eigenvalue weighted by Crippen LogP contribution is -2.37. The van der Waals surface area contributed by atoms with Gasteiger partial charge in [0.25, 0.3) is 11.6 Å². The van der Waals surface area contributed by atoms with Crippen LogP contribution in [-0.2, 0) is 0 Å². The van der Waals surface area contributed by atoms with Crippen LogP contribution in [0.2, 0.25) is 5.02 Å². The molecule has 1 rings (SSSR count). The fraction of sp³-hybridized carbons (Fsp3) is 0.500. The van der Waals surface area contributed by atoms with E-state index in [1.807, 2.05) is 0 Å². The Bertz CT molecular complexity index is 527. The van der Waals surface area contributed by atoms with Crippen molar-refractivity contribution in [2.45, 2.75) is 32.7 Å². The molecule has 21 heavy (non-hydrogen) atoms. The third-order valence-electron chi connectivity index (χ3n) is 2.70. The van der Waals surface area contributed by atoms with Crippen molar-refractivity contribution in [3.8, 4) is 0 Å². The molecule has 0 saturated heterocycles. The van der Waals surface area contributed by atoms with E-state index in [1.165, 1.54) is 18.2 Å². The summed E-state index contributed by atoms with van der Waals surface area (Å²) in [6, 6.07) is 4.01. The maximum absolute atomic E-state index is 11.9. The molecule has 0 radical (unpaired) electrons. The Labute approximate surface area is 129 Å². The zero-order valence-corrected chi connectivity index (χ0v) is 13.2. The number of nitro benzene ring substituents is 1. The number of carbonyl (C=O) groups is 1. The summed E-state index contributed by atoms with van der Waals surface area (Å²) in [6.07, 6.45) is 0.776. The van der Waals surface area contributed by atoms with E-state index in [0.29, 0.717) is 6.54 Å². The third kappa shape index (κ3) is 6.10. The number of nitro groups is 1. The normalized spacial score (nSPS) is 11.2. The molecule has 1 amide bonds. The van der Waals surface area contributed by atoms with Crippen molar-refractivity contribution >= 4 is 23.2 Å². The van der Waals surface area contributed by atoms with E-state index in [4.69, 9.17) is 11.6 Å². The first-order valence-electron chi connectivity index (χ1n) is 6.68. The summed E-state index contributed by atoms with van der Waals surface area (Å²) in [5.41, 5.74) is 0.00875. The Balaban J connectivity index is 2.49. The van der Waals surface area contributed by atoms with Crippen molar-refractivity contribution in [2.75, 3.05) is 13.1 Å². The van der Waals surface area contributed by atoms with Gasteiger partial charge < -0.3 is 10.6 Å². The third-order valence-corrected chi connectivity index (χ3v) is 3.02. The largest absolute Gasteiger partial charge is 0.352 e. The van der Waals surface area contributed by atoms with Crippen LogP contribution >= 0.6 is 11.6 Å². The summed E-state index contributed by atoms with van der Waals surface area (Å²) in [7, 11) is 0. The molecule has 116 valence electrons. The zero-order chi connectivity index (χ0) is 16.0. The van der Waals surface area contributed by atoms with Crippen molar-refractivity contribution < 1.29 is 9.72 Å². The minimum atomic E-state index is -0.605. The van der Waals surface area contributed by atoms with Gasteiger partial charge in [0.15, 0.2) is 0 Å². The molecule has 0 aromatic heterocycles. The van der Waals surface area contributed by atoms with E-state index >= 15 is 0 Å². The van der Waals surface area contributed by atoms with E-state index in [-0.39, 0.29) is 27.7 Å². The van der Waals surface area contributed by atoms with E-state index < -0.39 is 4.92 Å². The molecular formula is C14H20ClN3O3. The lowest BCUT2D eigenvalue weighted by atomic mass is 10.1. The van der Waals surface area contributed by atoms with Crippen LogP contribution in [0.4, 0.5) is 5.69 Å². The van der Waals surface area contributed by atoms with Gasteiger partial charge in [0.2, 0.25) is 0 Å². The van der Waals surface area contributed by atoms with Gasteiger partial charge in [-0.3, -0.25) is 14.9 Å². The molecule has 2 N–H and O–H groups in total. The topological polar surface area (TPSA) is 84.3 Å². The van der Waals surface area contributed by atoms with Crippen LogP contribution in [0.15, 0.2) is 18.2 Å². The van der Waals surface area contributed by atoms with E-state index in [2.05, 4.69) is 31.4 Å². The summed E-state index contributed by atoms with van der Waals surface area (Å²) in [5.74, 6) is -0.342. The molecule has 1 aromatic rings.